The summed E-state index contributed by atoms with van der Waals surface area (Å²) < 4.78 is 22.0. The molecule has 1 atom stereocenters. The van der Waals surface area contributed by atoms with Crippen LogP contribution in [0, 0.1) is 0 Å². The van der Waals surface area contributed by atoms with Gasteiger partial charge in [-0.05, 0) is 42.7 Å². The third kappa shape index (κ3) is 4.34. The smallest absolute Gasteiger partial charge is 0.255 e. The number of ether oxygens (including phenoxy) is 4. The maximum Gasteiger partial charge on any atom is 0.255 e. The number of primary amides is 1. The van der Waals surface area contributed by atoms with Crippen LogP contribution < -0.4 is 24.7 Å². The average Bonchev–Trinajstić information content (AvgIpc) is 3.26. The van der Waals surface area contributed by atoms with Gasteiger partial charge < -0.3 is 29.6 Å². The number of nitrogens with two attached hydrogens (primary N) is 1. The molecule has 1 saturated heterocycles. The summed E-state index contributed by atoms with van der Waals surface area (Å²) >= 11 is 6.32. The van der Waals surface area contributed by atoms with E-state index in [1.165, 1.54) is 13.2 Å². The Labute approximate surface area is 184 Å². The number of amides is 2. The van der Waals surface area contributed by atoms with Crippen molar-refractivity contribution in [2.75, 3.05) is 33.5 Å². The molecule has 0 aromatic heterocycles. The molecule has 164 valence electrons. The number of halogens is 1. The summed E-state index contributed by atoms with van der Waals surface area (Å²) in [5, 5.41) is 0.166. The van der Waals surface area contributed by atoms with Crippen molar-refractivity contribution >= 4 is 23.4 Å². The number of nitrogens with zero attached hydrogens (tertiary/aromatic N) is 1. The summed E-state index contributed by atoms with van der Waals surface area (Å²) in [6, 6.07) is 8.79. The molecule has 0 unspecified atom stereocenters. The molecule has 31 heavy (non-hydrogen) atoms. The number of carbonyl (C=O) groups is 2. The lowest BCUT2D eigenvalue weighted by Gasteiger charge is -2.27. The van der Waals surface area contributed by atoms with E-state index in [-0.39, 0.29) is 35.1 Å². The van der Waals surface area contributed by atoms with Crippen molar-refractivity contribution in [3.63, 3.8) is 0 Å². The second-order valence-electron chi connectivity index (χ2n) is 7.30. The lowest BCUT2D eigenvalue weighted by Crippen LogP contribution is -2.30. The zero-order chi connectivity index (χ0) is 22.0. The monoisotopic (exact) mass is 446 g/mol. The summed E-state index contributed by atoms with van der Waals surface area (Å²) in [6.45, 7) is 1.31. The molecule has 9 heteroatoms. The fourth-order valence-corrected chi connectivity index (χ4v) is 4.18. The van der Waals surface area contributed by atoms with Crippen LogP contribution in [0.15, 0.2) is 30.3 Å². The van der Waals surface area contributed by atoms with E-state index in [2.05, 4.69) is 0 Å². The van der Waals surface area contributed by atoms with Crippen molar-refractivity contribution in [3.8, 4) is 23.0 Å². The summed E-state index contributed by atoms with van der Waals surface area (Å²) in [7, 11) is 1.44. The Morgan fingerprint density at radius 3 is 2.71 bits per heavy atom. The van der Waals surface area contributed by atoms with Crippen LogP contribution in [0.1, 0.15) is 34.8 Å². The Hall–Kier alpha value is -3.13. The third-order valence-corrected chi connectivity index (χ3v) is 5.58. The molecule has 2 aromatic rings. The van der Waals surface area contributed by atoms with Gasteiger partial charge >= 0.3 is 0 Å². The number of carbonyl (C=O) groups excluding carboxylic acids is 2. The number of rotatable bonds is 6. The number of hydrogen-bond donors (Lipinski definition) is 1. The van der Waals surface area contributed by atoms with E-state index in [0.717, 1.165) is 18.4 Å². The average molecular weight is 447 g/mol. The Kier molecular flexibility index (Phi) is 6.08. The fourth-order valence-electron chi connectivity index (χ4n) is 3.92. The second kappa shape index (κ2) is 8.93. The zero-order valence-electron chi connectivity index (χ0n) is 17.1. The highest BCUT2D eigenvalue weighted by Gasteiger charge is 2.32. The van der Waals surface area contributed by atoms with Gasteiger partial charge in [0.1, 0.15) is 13.2 Å². The predicted octanol–water partition coefficient (Wildman–Crippen LogP) is 2.96. The molecule has 0 aliphatic carbocycles. The molecule has 1 fully saturated rings. The molecule has 0 bridgehead atoms. The van der Waals surface area contributed by atoms with E-state index in [4.69, 9.17) is 36.3 Å². The highest BCUT2D eigenvalue weighted by Crippen LogP contribution is 2.41. The standard InChI is InChI=1S/C22H23ClN2O6/c1-28-19-11-14(9-15(23)21(19)31-12-20(24)26)22(27)25-6-2-3-16(25)13-4-5-17-18(10-13)30-8-7-29-17/h4-5,9-11,16H,2-3,6-8,12H2,1H3,(H2,24,26)/t16-/m1/s1. The van der Waals surface area contributed by atoms with Gasteiger partial charge in [0, 0.05) is 12.1 Å². The van der Waals surface area contributed by atoms with Crippen LogP contribution in [0.4, 0.5) is 0 Å². The van der Waals surface area contributed by atoms with E-state index in [0.29, 0.717) is 36.8 Å². The minimum atomic E-state index is -0.641. The first-order chi connectivity index (χ1) is 15.0. The minimum Gasteiger partial charge on any atom is -0.493 e. The molecular weight excluding hydrogens is 424 g/mol. The predicted molar refractivity (Wildman–Crippen MR) is 113 cm³/mol. The number of likely N-dealkylation sites (tertiary alicyclic amines) is 1. The van der Waals surface area contributed by atoms with Crippen LogP contribution in [0.5, 0.6) is 23.0 Å². The first-order valence-corrected chi connectivity index (χ1v) is 10.3. The first-order valence-electron chi connectivity index (χ1n) is 9.97. The van der Waals surface area contributed by atoms with Crippen LogP contribution in [-0.2, 0) is 4.79 Å². The molecule has 2 amide bonds. The lowest BCUT2D eigenvalue weighted by molar-refractivity contribution is -0.119. The first kappa shape index (κ1) is 21.1. The van der Waals surface area contributed by atoms with Gasteiger partial charge in [-0.15, -0.1) is 0 Å². The number of methoxy groups -OCH3 is 1. The Bertz CT molecular complexity index is 1010. The van der Waals surface area contributed by atoms with Gasteiger partial charge in [-0.1, -0.05) is 17.7 Å². The van der Waals surface area contributed by atoms with E-state index in [1.54, 1.807) is 6.07 Å². The highest BCUT2D eigenvalue weighted by molar-refractivity contribution is 6.32. The zero-order valence-corrected chi connectivity index (χ0v) is 17.8. The van der Waals surface area contributed by atoms with Crippen molar-refractivity contribution in [3.05, 3.63) is 46.5 Å². The molecule has 0 saturated carbocycles. The molecule has 2 heterocycles. The SMILES string of the molecule is COc1cc(C(=O)N2CCC[C@@H]2c2ccc3c(c2)OCCO3)cc(Cl)c1OCC(N)=O. The normalized spacial score (nSPS) is 17.4. The maximum absolute atomic E-state index is 13.4. The van der Waals surface area contributed by atoms with Crippen LogP contribution in [0.3, 0.4) is 0 Å². The summed E-state index contributed by atoms with van der Waals surface area (Å²) in [4.78, 5) is 26.2. The second-order valence-corrected chi connectivity index (χ2v) is 7.71. The van der Waals surface area contributed by atoms with Crippen molar-refractivity contribution in [2.45, 2.75) is 18.9 Å². The van der Waals surface area contributed by atoms with Gasteiger partial charge in [-0.3, -0.25) is 9.59 Å². The Morgan fingerprint density at radius 1 is 1.19 bits per heavy atom. The molecular formula is C22H23ClN2O6. The lowest BCUT2D eigenvalue weighted by atomic mass is 10.0. The van der Waals surface area contributed by atoms with Crippen molar-refractivity contribution in [1.29, 1.82) is 0 Å². The van der Waals surface area contributed by atoms with Crippen molar-refractivity contribution in [2.24, 2.45) is 5.73 Å². The number of fused-ring (bicyclic) bond motifs is 1. The maximum atomic E-state index is 13.4. The molecule has 4 rings (SSSR count). The van der Waals surface area contributed by atoms with Gasteiger partial charge in [-0.25, -0.2) is 0 Å². The van der Waals surface area contributed by atoms with Gasteiger partial charge in [0.2, 0.25) is 0 Å². The van der Waals surface area contributed by atoms with E-state index < -0.39 is 5.91 Å². The van der Waals surface area contributed by atoms with Crippen LogP contribution >= 0.6 is 11.6 Å². The van der Waals surface area contributed by atoms with Gasteiger partial charge in [-0.2, -0.15) is 0 Å². The molecule has 8 nitrogen and oxygen atoms in total. The van der Waals surface area contributed by atoms with Crippen molar-refractivity contribution < 1.29 is 28.5 Å². The molecule has 0 spiro atoms. The summed E-state index contributed by atoms with van der Waals surface area (Å²) in [5.41, 5.74) is 6.50. The molecule has 2 aromatic carbocycles. The molecule has 2 aliphatic heterocycles. The quantitative estimate of drug-likeness (QED) is 0.732. The van der Waals surface area contributed by atoms with Crippen LogP contribution in [0.25, 0.3) is 0 Å². The molecule has 2 aliphatic rings. The topological polar surface area (TPSA) is 100 Å². The summed E-state index contributed by atoms with van der Waals surface area (Å²) in [6.07, 6.45) is 1.73. The highest BCUT2D eigenvalue weighted by atomic mass is 35.5. The number of hydrogen-bond acceptors (Lipinski definition) is 6. The molecule has 0 radical (unpaired) electrons. The van der Waals surface area contributed by atoms with Crippen molar-refractivity contribution in [1.82, 2.24) is 4.90 Å². The fraction of sp³-hybridized carbons (Fsp3) is 0.364. The minimum absolute atomic E-state index is 0.0844. The van der Waals surface area contributed by atoms with Gasteiger partial charge in [0.25, 0.3) is 11.8 Å². The van der Waals surface area contributed by atoms with Crippen LogP contribution in [-0.4, -0.2) is 50.2 Å². The summed E-state index contributed by atoms with van der Waals surface area (Å²) in [5.74, 6) is 1.03. The van der Waals surface area contributed by atoms with E-state index >= 15 is 0 Å². The van der Waals surface area contributed by atoms with Crippen LogP contribution in [0.2, 0.25) is 5.02 Å². The molecule has 2 N–H and O–H groups in total. The van der Waals surface area contributed by atoms with Gasteiger partial charge in [0.15, 0.2) is 29.6 Å². The Balaban J connectivity index is 1.59. The van der Waals surface area contributed by atoms with E-state index in [1.807, 2.05) is 23.1 Å². The van der Waals surface area contributed by atoms with E-state index in [9.17, 15) is 9.59 Å². The largest absolute Gasteiger partial charge is 0.493 e. The number of benzene rings is 2. The van der Waals surface area contributed by atoms with Gasteiger partial charge in [0.05, 0.1) is 18.2 Å². The Morgan fingerprint density at radius 2 is 1.97 bits per heavy atom. The third-order valence-electron chi connectivity index (χ3n) is 5.30.